The fourth-order valence-corrected chi connectivity index (χ4v) is 4.88. The van der Waals surface area contributed by atoms with Crippen molar-refractivity contribution in [2.45, 2.75) is 32.0 Å². The highest BCUT2D eigenvalue weighted by molar-refractivity contribution is 6.01. The number of halogens is 3. The second kappa shape index (κ2) is 10.2. The molecule has 1 atom stereocenters. The van der Waals surface area contributed by atoms with Crippen LogP contribution in [-0.2, 0) is 17.8 Å². The third-order valence-corrected chi connectivity index (χ3v) is 6.60. The second-order valence-electron chi connectivity index (χ2n) is 8.85. The minimum Gasteiger partial charge on any atom is -0.496 e. The lowest BCUT2D eigenvalue weighted by atomic mass is 9.92. The van der Waals surface area contributed by atoms with Gasteiger partial charge in [-0.05, 0) is 59.0 Å². The Bertz CT molecular complexity index is 1200. The van der Waals surface area contributed by atoms with Gasteiger partial charge in [0.25, 0.3) is 0 Å². The molecule has 0 amide bonds. The van der Waals surface area contributed by atoms with Crippen molar-refractivity contribution in [3.8, 4) is 22.6 Å². The van der Waals surface area contributed by atoms with E-state index in [4.69, 9.17) is 14.6 Å². The number of carbonyl (C=O) groups is 1. The summed E-state index contributed by atoms with van der Waals surface area (Å²) in [5, 5.41) is 11.0. The third-order valence-electron chi connectivity index (χ3n) is 6.60. The molecule has 5 nitrogen and oxygen atoms in total. The van der Waals surface area contributed by atoms with Crippen LogP contribution >= 0.6 is 0 Å². The summed E-state index contributed by atoms with van der Waals surface area (Å²) in [5.41, 5.74) is 3.37. The monoisotopic (exact) mass is 487 g/mol. The Labute approximate surface area is 202 Å². The molecule has 0 saturated carbocycles. The zero-order valence-corrected chi connectivity index (χ0v) is 19.7. The van der Waals surface area contributed by atoms with Gasteiger partial charge in [-0.2, -0.15) is 13.2 Å². The smallest absolute Gasteiger partial charge is 0.393 e. The summed E-state index contributed by atoms with van der Waals surface area (Å²) in [6.07, 6.45) is -3.61. The predicted molar refractivity (Wildman–Crippen MR) is 128 cm³/mol. The average molecular weight is 488 g/mol. The molecule has 0 spiro atoms. The lowest BCUT2D eigenvalue weighted by Crippen LogP contribution is -2.27. The van der Waals surface area contributed by atoms with E-state index in [0.717, 1.165) is 33.0 Å². The van der Waals surface area contributed by atoms with E-state index in [1.54, 1.807) is 19.1 Å². The molecule has 1 saturated heterocycles. The Morgan fingerprint density at radius 2 is 1.71 bits per heavy atom. The number of benzene rings is 3. The summed E-state index contributed by atoms with van der Waals surface area (Å²) in [6, 6.07) is 15.3. The highest BCUT2D eigenvalue weighted by Gasteiger charge is 2.43. The molecule has 186 valence electrons. The van der Waals surface area contributed by atoms with Gasteiger partial charge in [0.2, 0.25) is 0 Å². The summed E-state index contributed by atoms with van der Waals surface area (Å²) < 4.78 is 50.7. The normalized spacial score (nSPS) is 16.5. The Morgan fingerprint density at radius 1 is 1.06 bits per heavy atom. The van der Waals surface area contributed by atoms with E-state index in [1.807, 2.05) is 48.5 Å². The Balaban J connectivity index is 1.71. The number of nitrogens with zero attached hydrogens (tertiary/aromatic N) is 1. The number of aliphatic carboxylic acids is 1. The molecule has 3 aromatic rings. The van der Waals surface area contributed by atoms with Crippen LogP contribution in [0.15, 0.2) is 48.5 Å². The molecule has 1 heterocycles. The number of alkyl halides is 3. The van der Waals surface area contributed by atoms with E-state index >= 15 is 0 Å². The van der Waals surface area contributed by atoms with Crippen molar-refractivity contribution in [1.29, 1.82) is 0 Å². The number of hydrogen-bond donors (Lipinski definition) is 1. The first-order valence-corrected chi connectivity index (χ1v) is 11.5. The molecule has 1 N–H and O–H groups in total. The molecule has 3 aromatic carbocycles. The zero-order valence-electron chi connectivity index (χ0n) is 19.7. The maximum Gasteiger partial charge on any atom is 0.393 e. The first-order chi connectivity index (χ1) is 16.7. The standard InChI is InChI=1S/C27H28F3NO4/c1-34-23-13-17(15-31-12-11-19(16-31)27(28,29)30)14-24(35-2)26(23)22-8-4-6-20-18(9-10-25(32)33)5-3-7-21(20)22/h3-8,13-14,19H,9-12,15-16H2,1-2H3,(H,32,33). The van der Waals surface area contributed by atoms with Crippen LogP contribution in [0.1, 0.15) is 24.0 Å². The number of carboxylic acid groups (broad SMARTS) is 1. The van der Waals surface area contributed by atoms with Gasteiger partial charge in [-0.15, -0.1) is 0 Å². The molecular weight excluding hydrogens is 459 g/mol. The lowest BCUT2D eigenvalue weighted by Gasteiger charge is -2.21. The minimum atomic E-state index is -4.17. The second-order valence-corrected chi connectivity index (χ2v) is 8.85. The van der Waals surface area contributed by atoms with Crippen LogP contribution in [0.25, 0.3) is 21.9 Å². The molecule has 1 unspecified atom stereocenters. The fourth-order valence-electron chi connectivity index (χ4n) is 4.88. The molecule has 0 aliphatic carbocycles. The van der Waals surface area contributed by atoms with Crippen molar-refractivity contribution in [2.24, 2.45) is 5.92 Å². The first kappa shape index (κ1) is 24.9. The van der Waals surface area contributed by atoms with Gasteiger partial charge in [0, 0.05) is 19.5 Å². The number of aryl methyl sites for hydroxylation is 1. The van der Waals surface area contributed by atoms with Gasteiger partial charge >= 0.3 is 12.1 Å². The van der Waals surface area contributed by atoms with Crippen LogP contribution in [0, 0.1) is 5.92 Å². The largest absolute Gasteiger partial charge is 0.496 e. The van der Waals surface area contributed by atoms with E-state index in [1.165, 1.54) is 0 Å². The number of rotatable bonds is 8. The Kier molecular flexibility index (Phi) is 7.21. The van der Waals surface area contributed by atoms with Crippen LogP contribution in [0.3, 0.4) is 0 Å². The minimum absolute atomic E-state index is 0.0156. The zero-order chi connectivity index (χ0) is 25.2. The topological polar surface area (TPSA) is 59.0 Å². The maximum absolute atomic E-state index is 13.1. The molecule has 1 aliphatic rings. The number of hydrogen-bond acceptors (Lipinski definition) is 4. The number of carboxylic acids is 1. The molecule has 1 aliphatic heterocycles. The molecule has 0 radical (unpaired) electrons. The van der Waals surface area contributed by atoms with E-state index in [0.29, 0.717) is 31.0 Å². The quantitative estimate of drug-likeness (QED) is 0.427. The van der Waals surface area contributed by atoms with E-state index in [2.05, 4.69) is 0 Å². The van der Waals surface area contributed by atoms with Crippen molar-refractivity contribution in [3.63, 3.8) is 0 Å². The van der Waals surface area contributed by atoms with Crippen molar-refractivity contribution in [3.05, 3.63) is 59.7 Å². The van der Waals surface area contributed by atoms with Crippen molar-refractivity contribution < 1.29 is 32.5 Å². The lowest BCUT2D eigenvalue weighted by molar-refractivity contribution is -0.170. The van der Waals surface area contributed by atoms with Gasteiger partial charge in [0.1, 0.15) is 11.5 Å². The first-order valence-electron chi connectivity index (χ1n) is 11.5. The SMILES string of the molecule is COc1cc(CN2CCC(C(F)(F)F)C2)cc(OC)c1-c1cccc2c(CCC(=O)O)cccc12. The molecule has 8 heteroatoms. The van der Waals surface area contributed by atoms with Crippen molar-refractivity contribution in [1.82, 2.24) is 4.90 Å². The van der Waals surface area contributed by atoms with Crippen molar-refractivity contribution in [2.75, 3.05) is 27.3 Å². The summed E-state index contributed by atoms with van der Waals surface area (Å²) in [6.45, 7) is 0.742. The third kappa shape index (κ3) is 5.37. The van der Waals surface area contributed by atoms with Crippen LogP contribution in [0.4, 0.5) is 13.2 Å². The highest BCUT2D eigenvalue weighted by Crippen LogP contribution is 2.43. The number of likely N-dealkylation sites (tertiary alicyclic amines) is 1. The molecule has 35 heavy (non-hydrogen) atoms. The van der Waals surface area contributed by atoms with Crippen LogP contribution in [0.2, 0.25) is 0 Å². The molecule has 4 rings (SSSR count). The van der Waals surface area contributed by atoms with E-state index in [9.17, 15) is 18.0 Å². The molecule has 1 fully saturated rings. The van der Waals surface area contributed by atoms with Crippen molar-refractivity contribution >= 4 is 16.7 Å². The van der Waals surface area contributed by atoms with Gasteiger partial charge in [-0.25, -0.2) is 0 Å². The summed E-state index contributed by atoms with van der Waals surface area (Å²) in [5.74, 6) is -1.02. The van der Waals surface area contributed by atoms with Gasteiger partial charge < -0.3 is 14.6 Å². The number of fused-ring (bicyclic) bond motifs is 1. The van der Waals surface area contributed by atoms with Crippen LogP contribution < -0.4 is 9.47 Å². The summed E-state index contributed by atoms with van der Waals surface area (Å²) in [4.78, 5) is 12.9. The fraction of sp³-hybridized carbons (Fsp3) is 0.370. The van der Waals surface area contributed by atoms with Gasteiger partial charge in [0.05, 0.1) is 25.7 Å². The molecular formula is C27H28F3NO4. The van der Waals surface area contributed by atoms with Gasteiger partial charge in [-0.3, -0.25) is 9.69 Å². The number of ether oxygens (including phenoxy) is 2. The summed E-state index contributed by atoms with van der Waals surface area (Å²) >= 11 is 0. The van der Waals surface area contributed by atoms with Gasteiger partial charge in [0.15, 0.2) is 0 Å². The summed E-state index contributed by atoms with van der Waals surface area (Å²) in [7, 11) is 3.11. The van der Waals surface area contributed by atoms with Gasteiger partial charge in [-0.1, -0.05) is 36.4 Å². The Morgan fingerprint density at radius 3 is 2.31 bits per heavy atom. The highest BCUT2D eigenvalue weighted by atomic mass is 19.4. The van der Waals surface area contributed by atoms with E-state index in [-0.39, 0.29) is 19.4 Å². The van der Waals surface area contributed by atoms with Crippen LogP contribution in [-0.4, -0.2) is 49.5 Å². The predicted octanol–water partition coefficient (Wildman–Crippen LogP) is 5.93. The van der Waals surface area contributed by atoms with E-state index < -0.39 is 18.1 Å². The maximum atomic E-state index is 13.1. The average Bonchev–Trinajstić information content (AvgIpc) is 3.31. The molecule has 0 bridgehead atoms. The number of methoxy groups -OCH3 is 2. The molecule has 0 aromatic heterocycles. The van der Waals surface area contributed by atoms with Crippen LogP contribution in [0.5, 0.6) is 11.5 Å². The Hall–Kier alpha value is -3.26.